The van der Waals surface area contributed by atoms with E-state index in [-0.39, 0.29) is 47.9 Å². The van der Waals surface area contributed by atoms with Crippen LogP contribution in [0, 0.1) is 34.5 Å². The Labute approximate surface area is 195 Å². The van der Waals surface area contributed by atoms with Crippen LogP contribution >= 0.6 is 0 Å². The Morgan fingerprint density at radius 2 is 1.82 bits per heavy atom. The van der Waals surface area contributed by atoms with Crippen molar-refractivity contribution >= 4 is 17.9 Å². The van der Waals surface area contributed by atoms with E-state index in [1.807, 2.05) is 12.2 Å². The van der Waals surface area contributed by atoms with Gasteiger partial charge in [-0.25, -0.2) is 0 Å². The van der Waals surface area contributed by atoms with Gasteiger partial charge in [0.15, 0.2) is 0 Å². The molecule has 0 aromatic heterocycles. The smallest absolute Gasteiger partial charge is 0.312 e. The fourth-order valence-electron chi connectivity index (χ4n) is 7.78. The predicted octanol–water partition coefficient (Wildman–Crippen LogP) is 4.00. The number of aliphatic hydroxyl groups is 1. The fraction of sp³-hybridized carbons (Fsp3) is 0.731. The van der Waals surface area contributed by atoms with Crippen molar-refractivity contribution in [3.8, 4) is 0 Å². The number of rotatable bonds is 5. The van der Waals surface area contributed by atoms with Gasteiger partial charge in [-0.15, -0.1) is 0 Å². The fourth-order valence-corrected chi connectivity index (χ4v) is 7.78. The zero-order chi connectivity index (χ0) is 24.2. The van der Waals surface area contributed by atoms with Crippen LogP contribution in [0.15, 0.2) is 23.5 Å². The minimum absolute atomic E-state index is 0.0208. The number of carboxylic acids is 1. The summed E-state index contributed by atoms with van der Waals surface area (Å²) in [5.41, 5.74) is -0.599. The van der Waals surface area contributed by atoms with Crippen LogP contribution < -0.4 is 0 Å². The summed E-state index contributed by atoms with van der Waals surface area (Å²) < 4.78 is 10.6. The minimum atomic E-state index is -1.04. The van der Waals surface area contributed by atoms with Crippen molar-refractivity contribution in [1.82, 2.24) is 0 Å². The lowest BCUT2D eigenvalue weighted by atomic mass is 9.45. The van der Waals surface area contributed by atoms with E-state index in [0.717, 1.165) is 31.3 Å². The maximum absolute atomic E-state index is 13.0. The first-order valence-corrected chi connectivity index (χ1v) is 12.1. The number of hydrogen-bond acceptors (Lipinski definition) is 6. The molecule has 2 N–H and O–H groups in total. The van der Waals surface area contributed by atoms with E-state index in [9.17, 15) is 24.6 Å². The summed E-state index contributed by atoms with van der Waals surface area (Å²) in [4.78, 5) is 35.8. The molecule has 0 amide bonds. The lowest BCUT2D eigenvalue weighted by molar-refractivity contribution is -0.162. The summed E-state index contributed by atoms with van der Waals surface area (Å²) in [5, 5.41) is 20.9. The summed E-state index contributed by atoms with van der Waals surface area (Å²) in [6.45, 7) is 5.74. The largest absolute Gasteiger partial charge is 0.481 e. The first kappa shape index (κ1) is 24.0. The SMILES string of the molecule is COC(=O)C1C=C2C=C(OC(C)=O)CC[C@]2(C)[C@H]2CC[C@@]3(C)[C@@H](CC[C@]3(O)CCC(=O)O)[C@H]12. The second-order valence-corrected chi connectivity index (χ2v) is 11.0. The molecule has 7 atom stereocenters. The molecule has 7 nitrogen and oxygen atoms in total. The van der Waals surface area contributed by atoms with Gasteiger partial charge in [-0.05, 0) is 78.8 Å². The maximum atomic E-state index is 13.0. The highest BCUT2D eigenvalue weighted by Gasteiger charge is 2.65. The van der Waals surface area contributed by atoms with Crippen LogP contribution in [0.3, 0.4) is 0 Å². The zero-order valence-electron chi connectivity index (χ0n) is 20.1. The van der Waals surface area contributed by atoms with Gasteiger partial charge in [0, 0.05) is 19.8 Å². The van der Waals surface area contributed by atoms with Gasteiger partial charge in [0.25, 0.3) is 0 Å². The Kier molecular flexibility index (Phi) is 6.00. The molecule has 2 saturated carbocycles. The summed E-state index contributed by atoms with van der Waals surface area (Å²) >= 11 is 0. The molecule has 1 unspecified atom stereocenters. The monoisotopic (exact) mass is 460 g/mol. The van der Waals surface area contributed by atoms with E-state index in [1.165, 1.54) is 14.0 Å². The third kappa shape index (κ3) is 3.72. The summed E-state index contributed by atoms with van der Waals surface area (Å²) in [6, 6.07) is 0. The van der Waals surface area contributed by atoms with Gasteiger partial charge >= 0.3 is 17.9 Å². The maximum Gasteiger partial charge on any atom is 0.312 e. The lowest BCUT2D eigenvalue weighted by Gasteiger charge is -2.59. The average molecular weight is 461 g/mol. The minimum Gasteiger partial charge on any atom is -0.481 e. The van der Waals surface area contributed by atoms with Gasteiger partial charge < -0.3 is 19.7 Å². The topological polar surface area (TPSA) is 110 Å². The van der Waals surface area contributed by atoms with Gasteiger partial charge in [-0.1, -0.05) is 19.9 Å². The summed E-state index contributed by atoms with van der Waals surface area (Å²) in [7, 11) is 1.41. The Bertz CT molecular complexity index is 920. The number of carbonyl (C=O) groups is 3. The van der Waals surface area contributed by atoms with Crippen molar-refractivity contribution in [3.63, 3.8) is 0 Å². The lowest BCUT2D eigenvalue weighted by Crippen LogP contribution is -2.57. The second-order valence-electron chi connectivity index (χ2n) is 11.0. The molecule has 0 aromatic carbocycles. The number of fused-ring (bicyclic) bond motifs is 5. The number of esters is 2. The van der Waals surface area contributed by atoms with E-state index in [4.69, 9.17) is 9.47 Å². The van der Waals surface area contributed by atoms with Crippen LogP contribution in [-0.4, -0.2) is 40.8 Å². The average Bonchev–Trinajstić information content (AvgIpc) is 3.02. The normalized spacial score (nSPS) is 41.6. The molecule has 7 heteroatoms. The highest BCUT2D eigenvalue weighted by molar-refractivity contribution is 5.76. The third-order valence-electron chi connectivity index (χ3n) is 9.61. The molecule has 0 saturated heterocycles. The van der Waals surface area contributed by atoms with Crippen LogP contribution in [0.1, 0.15) is 72.1 Å². The molecule has 33 heavy (non-hydrogen) atoms. The van der Waals surface area contributed by atoms with E-state index in [1.54, 1.807) is 0 Å². The molecular weight excluding hydrogens is 424 g/mol. The molecule has 2 fully saturated rings. The first-order chi connectivity index (χ1) is 15.4. The molecule has 0 aromatic rings. The first-order valence-electron chi connectivity index (χ1n) is 12.1. The van der Waals surface area contributed by atoms with Crippen molar-refractivity contribution in [3.05, 3.63) is 23.5 Å². The molecule has 4 rings (SSSR count). The van der Waals surface area contributed by atoms with Crippen LogP contribution in [0.4, 0.5) is 0 Å². The van der Waals surface area contributed by atoms with Crippen molar-refractivity contribution in [2.24, 2.45) is 34.5 Å². The third-order valence-corrected chi connectivity index (χ3v) is 9.61. The number of aliphatic carboxylic acids is 1. The highest BCUT2D eigenvalue weighted by atomic mass is 16.5. The van der Waals surface area contributed by atoms with Gasteiger partial charge in [-0.3, -0.25) is 14.4 Å². The van der Waals surface area contributed by atoms with Gasteiger partial charge in [0.05, 0.1) is 18.6 Å². The molecule has 0 aliphatic heterocycles. The van der Waals surface area contributed by atoms with Crippen molar-refractivity contribution in [1.29, 1.82) is 0 Å². The quantitative estimate of drug-likeness (QED) is 0.597. The highest BCUT2D eigenvalue weighted by Crippen LogP contribution is 2.68. The number of carboxylic acid groups (broad SMARTS) is 1. The van der Waals surface area contributed by atoms with Crippen LogP contribution in [0.2, 0.25) is 0 Å². The van der Waals surface area contributed by atoms with Crippen molar-refractivity contribution < 1.29 is 34.1 Å². The molecule has 0 heterocycles. The number of ether oxygens (including phenoxy) is 2. The summed E-state index contributed by atoms with van der Waals surface area (Å²) in [6.07, 6.45) is 8.61. The zero-order valence-corrected chi connectivity index (χ0v) is 20.1. The van der Waals surface area contributed by atoms with Gasteiger partial charge in [0.1, 0.15) is 5.76 Å². The Hall–Kier alpha value is -2.15. The van der Waals surface area contributed by atoms with Crippen molar-refractivity contribution in [2.75, 3.05) is 7.11 Å². The second kappa shape index (κ2) is 8.26. The van der Waals surface area contributed by atoms with Gasteiger partial charge in [0.2, 0.25) is 0 Å². The van der Waals surface area contributed by atoms with E-state index in [0.29, 0.717) is 18.6 Å². The van der Waals surface area contributed by atoms with E-state index >= 15 is 0 Å². The van der Waals surface area contributed by atoms with Crippen LogP contribution in [-0.2, 0) is 23.9 Å². The Morgan fingerprint density at radius 3 is 2.45 bits per heavy atom. The molecular formula is C26H36O7. The molecule has 0 bridgehead atoms. The molecule has 0 radical (unpaired) electrons. The van der Waals surface area contributed by atoms with Crippen LogP contribution in [0.25, 0.3) is 0 Å². The number of hydrogen-bond donors (Lipinski definition) is 2. The Balaban J connectivity index is 1.74. The van der Waals surface area contributed by atoms with Crippen LogP contribution in [0.5, 0.6) is 0 Å². The molecule has 0 spiro atoms. The van der Waals surface area contributed by atoms with E-state index < -0.39 is 22.9 Å². The number of allylic oxidation sites excluding steroid dienone is 3. The van der Waals surface area contributed by atoms with Crippen molar-refractivity contribution in [2.45, 2.75) is 77.7 Å². The molecule has 4 aliphatic rings. The summed E-state index contributed by atoms with van der Waals surface area (Å²) in [5.74, 6) is -0.967. The predicted molar refractivity (Wildman–Crippen MR) is 120 cm³/mol. The standard InChI is InChI=1S/C26H36O7/c1-15(27)33-17-5-9-24(2)16(13-17)14-18(23(30)32-4)22-19(24)6-10-25(3)20(22)7-11-26(25,31)12-8-21(28)29/h13-14,18-20,22,31H,5-12H2,1-4H3,(H,28,29)/t18?,19-,20-,22+,24-,25-,26-/m0/s1. The van der Waals surface area contributed by atoms with Gasteiger partial charge in [-0.2, -0.15) is 0 Å². The molecule has 182 valence electrons. The number of methoxy groups -OCH3 is 1. The Morgan fingerprint density at radius 1 is 1.12 bits per heavy atom. The molecule has 4 aliphatic carbocycles. The number of carbonyl (C=O) groups excluding carboxylic acids is 2. The van der Waals surface area contributed by atoms with E-state index in [2.05, 4.69) is 13.8 Å².